The van der Waals surface area contributed by atoms with Crippen molar-refractivity contribution in [3.63, 3.8) is 0 Å². The molecule has 4 nitrogen and oxygen atoms in total. The quantitative estimate of drug-likeness (QED) is 0.845. The van der Waals surface area contributed by atoms with Crippen molar-refractivity contribution in [2.24, 2.45) is 5.73 Å². The fourth-order valence-corrected chi connectivity index (χ4v) is 2.38. The predicted molar refractivity (Wildman–Crippen MR) is 85.6 cm³/mol. The summed E-state index contributed by atoms with van der Waals surface area (Å²) in [6.07, 6.45) is 0. The van der Waals surface area contributed by atoms with E-state index in [-0.39, 0.29) is 0 Å². The monoisotopic (exact) mass is 333 g/mol. The molecule has 0 aliphatic heterocycles. The zero-order valence-electron chi connectivity index (χ0n) is 11.1. The molecule has 0 aliphatic carbocycles. The first-order chi connectivity index (χ1) is 9.47. The zero-order chi connectivity index (χ0) is 14.7. The Kier molecular flexibility index (Phi) is 4.29. The first-order valence-corrected chi connectivity index (χ1v) is 6.91. The second-order valence-electron chi connectivity index (χ2n) is 4.62. The second kappa shape index (κ2) is 5.96. The third kappa shape index (κ3) is 3.30. The number of amides is 1. The summed E-state index contributed by atoms with van der Waals surface area (Å²) in [6, 6.07) is 13.2. The van der Waals surface area contributed by atoms with E-state index in [0.29, 0.717) is 12.1 Å². The maximum absolute atomic E-state index is 11.5. The number of hydrogen-bond acceptors (Lipinski definition) is 3. The first-order valence-electron chi connectivity index (χ1n) is 6.12. The summed E-state index contributed by atoms with van der Waals surface area (Å²) in [5.74, 6) is -0.439. The van der Waals surface area contributed by atoms with E-state index in [1.807, 2.05) is 48.3 Å². The number of halogens is 1. The standard InChI is InChI=1S/C15H16BrN3O/c1-19(9-10-2-5-12(17)6-3-10)14-7-4-11(16)8-13(14)15(18)20/h2-8H,9,17H2,1H3,(H2,18,20). The van der Waals surface area contributed by atoms with Crippen LogP contribution in [0.15, 0.2) is 46.9 Å². The summed E-state index contributed by atoms with van der Waals surface area (Å²) < 4.78 is 0.830. The summed E-state index contributed by atoms with van der Waals surface area (Å²) in [4.78, 5) is 13.5. The number of carbonyl (C=O) groups excluding carboxylic acids is 1. The lowest BCUT2D eigenvalue weighted by Gasteiger charge is -2.22. The highest BCUT2D eigenvalue weighted by atomic mass is 79.9. The van der Waals surface area contributed by atoms with Crippen LogP contribution in [0.3, 0.4) is 0 Å². The number of primary amides is 1. The van der Waals surface area contributed by atoms with Gasteiger partial charge in [0, 0.05) is 29.4 Å². The molecular formula is C15H16BrN3O. The van der Waals surface area contributed by atoms with Gasteiger partial charge < -0.3 is 16.4 Å². The van der Waals surface area contributed by atoms with Gasteiger partial charge in [-0.3, -0.25) is 4.79 Å². The summed E-state index contributed by atoms with van der Waals surface area (Å²) in [5, 5.41) is 0. The minimum Gasteiger partial charge on any atom is -0.399 e. The van der Waals surface area contributed by atoms with Gasteiger partial charge in [-0.25, -0.2) is 0 Å². The summed E-state index contributed by atoms with van der Waals surface area (Å²) in [5.41, 5.74) is 14.2. The molecule has 4 N–H and O–H groups in total. The van der Waals surface area contributed by atoms with Gasteiger partial charge in [0.25, 0.3) is 5.91 Å². The highest BCUT2D eigenvalue weighted by Crippen LogP contribution is 2.25. The van der Waals surface area contributed by atoms with Crippen LogP contribution in [0, 0.1) is 0 Å². The number of nitrogen functional groups attached to an aromatic ring is 1. The molecule has 0 saturated heterocycles. The number of carbonyl (C=O) groups is 1. The number of nitrogens with two attached hydrogens (primary N) is 2. The topological polar surface area (TPSA) is 72.3 Å². The average molecular weight is 334 g/mol. The Morgan fingerprint density at radius 1 is 1.20 bits per heavy atom. The lowest BCUT2D eigenvalue weighted by molar-refractivity contribution is 0.100. The van der Waals surface area contributed by atoms with Crippen molar-refractivity contribution in [3.8, 4) is 0 Å². The third-order valence-electron chi connectivity index (χ3n) is 3.03. The van der Waals surface area contributed by atoms with E-state index in [9.17, 15) is 4.79 Å². The second-order valence-corrected chi connectivity index (χ2v) is 5.54. The molecule has 104 valence electrons. The Morgan fingerprint density at radius 3 is 2.45 bits per heavy atom. The molecule has 5 heteroatoms. The zero-order valence-corrected chi connectivity index (χ0v) is 12.7. The molecule has 1 amide bonds. The molecular weight excluding hydrogens is 318 g/mol. The van der Waals surface area contributed by atoms with Gasteiger partial charge in [0.1, 0.15) is 0 Å². The predicted octanol–water partition coefficient (Wildman–Crippen LogP) is 2.77. The van der Waals surface area contributed by atoms with Crippen molar-refractivity contribution in [2.75, 3.05) is 17.7 Å². The normalized spacial score (nSPS) is 10.3. The lowest BCUT2D eigenvalue weighted by Crippen LogP contribution is -2.22. The van der Waals surface area contributed by atoms with Crippen LogP contribution in [0.25, 0.3) is 0 Å². The van der Waals surface area contributed by atoms with Gasteiger partial charge in [-0.1, -0.05) is 28.1 Å². The third-order valence-corrected chi connectivity index (χ3v) is 3.53. The Balaban J connectivity index is 2.27. The van der Waals surface area contributed by atoms with E-state index < -0.39 is 5.91 Å². The van der Waals surface area contributed by atoms with Crippen molar-refractivity contribution < 1.29 is 4.79 Å². The largest absolute Gasteiger partial charge is 0.399 e. The van der Waals surface area contributed by atoms with Crippen LogP contribution in [0.1, 0.15) is 15.9 Å². The fourth-order valence-electron chi connectivity index (χ4n) is 2.02. The molecule has 0 heterocycles. The molecule has 0 bridgehead atoms. The van der Waals surface area contributed by atoms with Crippen molar-refractivity contribution in [2.45, 2.75) is 6.54 Å². The number of benzene rings is 2. The SMILES string of the molecule is CN(Cc1ccc(N)cc1)c1ccc(Br)cc1C(N)=O. The van der Waals surface area contributed by atoms with E-state index in [1.54, 1.807) is 6.07 Å². The van der Waals surface area contributed by atoms with Gasteiger partial charge in [0.05, 0.1) is 5.56 Å². The molecule has 2 aromatic carbocycles. The molecule has 20 heavy (non-hydrogen) atoms. The van der Waals surface area contributed by atoms with Crippen molar-refractivity contribution in [1.82, 2.24) is 0 Å². The maximum atomic E-state index is 11.5. The Hall–Kier alpha value is -2.01. The highest BCUT2D eigenvalue weighted by molar-refractivity contribution is 9.10. The van der Waals surface area contributed by atoms with E-state index >= 15 is 0 Å². The van der Waals surface area contributed by atoms with Crippen LogP contribution < -0.4 is 16.4 Å². The fraction of sp³-hybridized carbons (Fsp3) is 0.133. The van der Waals surface area contributed by atoms with Crippen LogP contribution in [-0.4, -0.2) is 13.0 Å². The summed E-state index contributed by atoms with van der Waals surface area (Å²) >= 11 is 3.35. The van der Waals surface area contributed by atoms with Crippen LogP contribution in [0.4, 0.5) is 11.4 Å². The van der Waals surface area contributed by atoms with Crippen molar-refractivity contribution >= 4 is 33.2 Å². The first kappa shape index (κ1) is 14.4. The van der Waals surface area contributed by atoms with Crippen LogP contribution in [0.2, 0.25) is 0 Å². The van der Waals surface area contributed by atoms with Crippen LogP contribution in [-0.2, 0) is 6.54 Å². The Bertz CT molecular complexity index is 626. The molecule has 2 aromatic rings. The minimum absolute atomic E-state index is 0.439. The number of rotatable bonds is 4. The Morgan fingerprint density at radius 2 is 1.85 bits per heavy atom. The number of nitrogens with zero attached hydrogens (tertiary/aromatic N) is 1. The summed E-state index contributed by atoms with van der Waals surface area (Å²) in [6.45, 7) is 0.669. The molecule has 0 spiro atoms. The van der Waals surface area contributed by atoms with Gasteiger partial charge in [0.2, 0.25) is 0 Å². The van der Waals surface area contributed by atoms with Gasteiger partial charge >= 0.3 is 0 Å². The minimum atomic E-state index is -0.439. The van der Waals surface area contributed by atoms with E-state index in [4.69, 9.17) is 11.5 Å². The molecule has 0 aromatic heterocycles. The maximum Gasteiger partial charge on any atom is 0.250 e. The number of hydrogen-bond donors (Lipinski definition) is 2. The van der Waals surface area contributed by atoms with Gasteiger partial charge in [-0.15, -0.1) is 0 Å². The van der Waals surface area contributed by atoms with Gasteiger partial charge in [-0.05, 0) is 35.9 Å². The van der Waals surface area contributed by atoms with Crippen LogP contribution in [0.5, 0.6) is 0 Å². The van der Waals surface area contributed by atoms with Gasteiger partial charge in [0.15, 0.2) is 0 Å². The molecule has 0 atom stereocenters. The molecule has 0 aliphatic rings. The van der Waals surface area contributed by atoms with E-state index in [1.165, 1.54) is 0 Å². The van der Waals surface area contributed by atoms with E-state index in [2.05, 4.69) is 15.9 Å². The number of anilines is 2. The smallest absolute Gasteiger partial charge is 0.250 e. The van der Waals surface area contributed by atoms with Crippen molar-refractivity contribution in [3.05, 3.63) is 58.1 Å². The molecule has 0 fully saturated rings. The van der Waals surface area contributed by atoms with E-state index in [0.717, 1.165) is 21.4 Å². The van der Waals surface area contributed by atoms with Crippen molar-refractivity contribution in [1.29, 1.82) is 0 Å². The molecule has 2 rings (SSSR count). The molecule has 0 radical (unpaired) electrons. The van der Waals surface area contributed by atoms with Gasteiger partial charge in [-0.2, -0.15) is 0 Å². The van der Waals surface area contributed by atoms with Crippen LogP contribution >= 0.6 is 15.9 Å². The summed E-state index contributed by atoms with van der Waals surface area (Å²) in [7, 11) is 1.92. The molecule has 0 saturated carbocycles. The molecule has 0 unspecified atom stereocenters. The highest BCUT2D eigenvalue weighted by Gasteiger charge is 2.12. The lowest BCUT2D eigenvalue weighted by atomic mass is 10.1. The Labute approximate surface area is 126 Å². The average Bonchev–Trinajstić information content (AvgIpc) is 2.41.